The van der Waals surface area contributed by atoms with Crippen molar-refractivity contribution in [2.75, 3.05) is 0 Å². The number of rotatable bonds is 1. The first-order valence-electron chi connectivity index (χ1n) is 4.42. The number of ether oxygens (including phenoxy) is 1. The van der Waals surface area contributed by atoms with E-state index < -0.39 is 0 Å². The minimum atomic E-state index is -0.0388. The van der Waals surface area contributed by atoms with Crippen molar-refractivity contribution in [3.8, 4) is 0 Å². The normalized spacial score (nSPS) is 25.7. The van der Waals surface area contributed by atoms with Crippen LogP contribution in [0.2, 0.25) is 0 Å². The average molecular weight is 255 g/mol. The van der Waals surface area contributed by atoms with E-state index in [-0.39, 0.29) is 18.2 Å². The zero-order valence-electron chi connectivity index (χ0n) is 7.77. The van der Waals surface area contributed by atoms with Crippen LogP contribution in [0.25, 0.3) is 0 Å². The second kappa shape index (κ2) is 3.61. The molecule has 0 radical (unpaired) electrons. The molecule has 0 bridgehead atoms. The molecule has 2 N–H and O–H groups in total. The lowest BCUT2D eigenvalue weighted by atomic mass is 10.0. The van der Waals surface area contributed by atoms with Crippen molar-refractivity contribution >= 4 is 22.0 Å². The fourth-order valence-electron chi connectivity index (χ4n) is 1.53. The Kier molecular flexibility index (Phi) is 2.46. The number of hydrogen-bond donors (Lipinski definition) is 1. The molecule has 0 saturated heterocycles. The maximum Gasteiger partial charge on any atom is 0.283 e. The molecule has 2 unspecified atom stereocenters. The van der Waals surface area contributed by atoms with Crippen LogP contribution in [-0.2, 0) is 4.74 Å². The van der Waals surface area contributed by atoms with Gasteiger partial charge in [-0.25, -0.2) is 4.99 Å². The first-order chi connectivity index (χ1) is 6.66. The first-order valence-corrected chi connectivity index (χ1v) is 5.21. The highest BCUT2D eigenvalue weighted by Gasteiger charge is 2.27. The van der Waals surface area contributed by atoms with Gasteiger partial charge in [-0.3, -0.25) is 0 Å². The average Bonchev–Trinajstić information content (AvgIpc) is 2.47. The molecule has 2 atom stereocenters. The van der Waals surface area contributed by atoms with Crippen molar-refractivity contribution in [3.05, 3.63) is 34.3 Å². The lowest BCUT2D eigenvalue weighted by Crippen LogP contribution is -2.14. The molecule has 0 saturated carbocycles. The summed E-state index contributed by atoms with van der Waals surface area (Å²) < 4.78 is 6.47. The summed E-state index contributed by atoms with van der Waals surface area (Å²) in [5.41, 5.74) is 6.60. The van der Waals surface area contributed by atoms with Gasteiger partial charge in [0.05, 0.1) is 6.04 Å². The predicted molar refractivity (Wildman–Crippen MR) is 59.1 cm³/mol. The summed E-state index contributed by atoms with van der Waals surface area (Å²) in [5, 5.41) is 0. The van der Waals surface area contributed by atoms with Crippen molar-refractivity contribution in [3.63, 3.8) is 0 Å². The number of hydrogen-bond acceptors (Lipinski definition) is 3. The van der Waals surface area contributed by atoms with Crippen molar-refractivity contribution in [1.29, 1.82) is 0 Å². The van der Waals surface area contributed by atoms with Crippen LogP contribution < -0.4 is 5.73 Å². The fraction of sp³-hybridized carbons (Fsp3) is 0.300. The van der Waals surface area contributed by atoms with Gasteiger partial charge >= 0.3 is 0 Å². The number of nitrogens with two attached hydrogens (primary N) is 1. The molecule has 1 aromatic carbocycles. The van der Waals surface area contributed by atoms with Gasteiger partial charge in [0.1, 0.15) is 6.10 Å². The van der Waals surface area contributed by atoms with Crippen LogP contribution in [0.3, 0.4) is 0 Å². The van der Waals surface area contributed by atoms with E-state index in [2.05, 4.69) is 20.9 Å². The van der Waals surface area contributed by atoms with E-state index in [4.69, 9.17) is 10.5 Å². The van der Waals surface area contributed by atoms with Gasteiger partial charge in [0.2, 0.25) is 0 Å². The minimum absolute atomic E-state index is 0.0388. The monoisotopic (exact) mass is 254 g/mol. The van der Waals surface area contributed by atoms with Crippen molar-refractivity contribution in [2.45, 2.75) is 19.1 Å². The van der Waals surface area contributed by atoms with Gasteiger partial charge in [0.25, 0.3) is 6.02 Å². The Morgan fingerprint density at radius 3 is 2.50 bits per heavy atom. The van der Waals surface area contributed by atoms with E-state index in [9.17, 15) is 0 Å². The van der Waals surface area contributed by atoms with E-state index in [1.165, 1.54) is 0 Å². The third kappa shape index (κ3) is 1.75. The van der Waals surface area contributed by atoms with Crippen LogP contribution in [-0.4, -0.2) is 12.1 Å². The maximum atomic E-state index is 5.50. The van der Waals surface area contributed by atoms with Gasteiger partial charge in [-0.1, -0.05) is 28.1 Å². The van der Waals surface area contributed by atoms with Gasteiger partial charge in [0.15, 0.2) is 0 Å². The van der Waals surface area contributed by atoms with E-state index >= 15 is 0 Å². The summed E-state index contributed by atoms with van der Waals surface area (Å²) in [7, 11) is 0. The molecule has 3 nitrogen and oxygen atoms in total. The first kappa shape index (κ1) is 9.52. The summed E-state index contributed by atoms with van der Waals surface area (Å²) in [6, 6.07) is 8.38. The molecule has 0 amide bonds. The predicted octanol–water partition coefficient (Wildman–Crippen LogP) is 2.22. The Balaban J connectivity index is 2.21. The molecule has 1 aliphatic heterocycles. The molecular weight excluding hydrogens is 244 g/mol. The lowest BCUT2D eigenvalue weighted by Gasteiger charge is -2.14. The van der Waals surface area contributed by atoms with Crippen LogP contribution >= 0.6 is 15.9 Å². The topological polar surface area (TPSA) is 47.6 Å². The Morgan fingerprint density at radius 1 is 1.36 bits per heavy atom. The van der Waals surface area contributed by atoms with E-state index in [1.807, 2.05) is 31.2 Å². The molecule has 74 valence electrons. The molecule has 4 heteroatoms. The number of amidine groups is 1. The summed E-state index contributed by atoms with van der Waals surface area (Å²) in [4.78, 5) is 4.13. The highest BCUT2D eigenvalue weighted by molar-refractivity contribution is 9.10. The molecular formula is C10H11BrN2O. The second-order valence-electron chi connectivity index (χ2n) is 3.30. The smallest absolute Gasteiger partial charge is 0.283 e. The minimum Gasteiger partial charge on any atom is -0.455 e. The Morgan fingerprint density at radius 2 is 2.00 bits per heavy atom. The summed E-state index contributed by atoms with van der Waals surface area (Å²) >= 11 is 3.39. The Hall–Kier alpha value is -1.03. The molecule has 0 aromatic heterocycles. The van der Waals surface area contributed by atoms with Gasteiger partial charge in [-0.2, -0.15) is 0 Å². The Labute approximate surface area is 91.1 Å². The Bertz CT molecular complexity index is 361. The van der Waals surface area contributed by atoms with E-state index in [1.54, 1.807) is 0 Å². The van der Waals surface area contributed by atoms with Crippen LogP contribution in [0, 0.1) is 0 Å². The van der Waals surface area contributed by atoms with E-state index in [0.717, 1.165) is 10.0 Å². The van der Waals surface area contributed by atoms with Gasteiger partial charge in [0, 0.05) is 4.47 Å². The van der Waals surface area contributed by atoms with Crippen LogP contribution in [0.1, 0.15) is 18.6 Å². The van der Waals surface area contributed by atoms with Crippen molar-refractivity contribution in [1.82, 2.24) is 0 Å². The van der Waals surface area contributed by atoms with Crippen molar-refractivity contribution < 1.29 is 4.74 Å². The zero-order valence-corrected chi connectivity index (χ0v) is 9.36. The summed E-state index contributed by atoms with van der Waals surface area (Å²) in [6.45, 7) is 1.99. The highest BCUT2D eigenvalue weighted by Crippen LogP contribution is 2.28. The molecule has 1 aliphatic rings. The van der Waals surface area contributed by atoms with Crippen molar-refractivity contribution in [2.24, 2.45) is 10.7 Å². The number of benzene rings is 1. The van der Waals surface area contributed by atoms with Crippen LogP contribution in [0.5, 0.6) is 0 Å². The molecule has 1 heterocycles. The quantitative estimate of drug-likeness (QED) is 0.836. The van der Waals surface area contributed by atoms with Crippen LogP contribution in [0.4, 0.5) is 0 Å². The summed E-state index contributed by atoms with van der Waals surface area (Å²) in [6.07, 6.45) is -0.0388. The van der Waals surface area contributed by atoms with Gasteiger partial charge in [-0.05, 0) is 24.6 Å². The lowest BCUT2D eigenvalue weighted by molar-refractivity contribution is 0.199. The third-order valence-corrected chi connectivity index (χ3v) is 2.74. The zero-order chi connectivity index (χ0) is 10.1. The SMILES string of the molecule is CC1N=C(N)OC1c1ccc(Br)cc1. The highest BCUT2D eigenvalue weighted by atomic mass is 79.9. The number of nitrogens with zero attached hydrogens (tertiary/aromatic N) is 1. The number of aliphatic imine (C=N–C) groups is 1. The molecule has 1 aromatic rings. The van der Waals surface area contributed by atoms with E-state index in [0.29, 0.717) is 0 Å². The standard InChI is InChI=1S/C10H11BrN2O/c1-6-9(14-10(12)13-6)7-2-4-8(11)5-3-7/h2-6,9H,1H3,(H2,12,13). The molecule has 14 heavy (non-hydrogen) atoms. The fourth-order valence-corrected chi connectivity index (χ4v) is 1.79. The van der Waals surface area contributed by atoms with Gasteiger partial charge in [-0.15, -0.1) is 0 Å². The van der Waals surface area contributed by atoms with Gasteiger partial charge < -0.3 is 10.5 Å². The third-order valence-electron chi connectivity index (χ3n) is 2.22. The largest absolute Gasteiger partial charge is 0.455 e. The molecule has 0 spiro atoms. The molecule has 0 fully saturated rings. The summed E-state index contributed by atoms with van der Waals surface area (Å²) in [5.74, 6) is 0. The van der Waals surface area contributed by atoms with Crippen LogP contribution in [0.15, 0.2) is 33.7 Å². The maximum absolute atomic E-state index is 5.50. The molecule has 0 aliphatic carbocycles. The second-order valence-corrected chi connectivity index (χ2v) is 4.21. The number of halogens is 1. The molecule has 2 rings (SSSR count).